The number of hydrogen-bond donors (Lipinski definition) is 9. The van der Waals surface area contributed by atoms with Crippen LogP contribution in [0.4, 0.5) is 0 Å². The van der Waals surface area contributed by atoms with Gasteiger partial charge in [-0.05, 0) is 37.5 Å². The van der Waals surface area contributed by atoms with E-state index < -0.39 is 47.9 Å². The number of carbonyl (C=O) groups is 4. The summed E-state index contributed by atoms with van der Waals surface area (Å²) in [5, 5.41) is 25.9. The number of aliphatic imine (C=N–C) groups is 1. The van der Waals surface area contributed by atoms with Gasteiger partial charge in [-0.2, -0.15) is 12.6 Å². The summed E-state index contributed by atoms with van der Waals surface area (Å²) >= 11 is 3.88. The van der Waals surface area contributed by atoms with Crippen molar-refractivity contribution in [3.8, 4) is 5.75 Å². The number of phenolic OH excluding ortho intramolecular Hbond substituents is 1. The number of carbonyl (C=O) groups excluding carboxylic acids is 3. The highest BCUT2D eigenvalue weighted by molar-refractivity contribution is 7.80. The van der Waals surface area contributed by atoms with Gasteiger partial charge in [0.25, 0.3) is 0 Å². The first-order valence-corrected chi connectivity index (χ1v) is 11.4. The van der Waals surface area contributed by atoms with Crippen LogP contribution in [-0.4, -0.2) is 76.3 Å². The number of nitrogens with two attached hydrogens (primary N) is 3. The average Bonchev–Trinajstić information content (AvgIpc) is 2.80. The number of phenols is 1. The normalized spacial score (nSPS) is 14.0. The van der Waals surface area contributed by atoms with Crippen LogP contribution in [0.2, 0.25) is 0 Å². The van der Waals surface area contributed by atoms with Crippen molar-refractivity contribution < 1.29 is 29.4 Å². The first-order valence-electron chi connectivity index (χ1n) is 10.8. The molecule has 0 heterocycles. The number of nitrogens with zero attached hydrogens (tertiary/aromatic N) is 1. The van der Waals surface area contributed by atoms with Gasteiger partial charge in [0.2, 0.25) is 17.7 Å². The minimum absolute atomic E-state index is 0.0315. The summed E-state index contributed by atoms with van der Waals surface area (Å²) in [6, 6.07) is 1.65. The highest BCUT2D eigenvalue weighted by Crippen LogP contribution is 2.12. The molecular weight excluding hydrogens is 478 g/mol. The van der Waals surface area contributed by atoms with Crippen LogP contribution in [0, 0.1) is 0 Å². The lowest BCUT2D eigenvalue weighted by molar-refractivity contribution is -0.141. The van der Waals surface area contributed by atoms with Gasteiger partial charge in [-0.1, -0.05) is 12.1 Å². The summed E-state index contributed by atoms with van der Waals surface area (Å²) in [4.78, 5) is 52.8. The van der Waals surface area contributed by atoms with E-state index in [4.69, 9.17) is 22.3 Å². The predicted octanol–water partition coefficient (Wildman–Crippen LogP) is -2.20. The third-order valence-electron chi connectivity index (χ3n) is 4.86. The lowest BCUT2D eigenvalue weighted by Gasteiger charge is -2.23. The second kappa shape index (κ2) is 14.7. The molecule has 0 fully saturated rings. The van der Waals surface area contributed by atoms with Crippen molar-refractivity contribution in [3.63, 3.8) is 0 Å². The minimum atomic E-state index is -1.27. The molecule has 0 radical (unpaired) electrons. The van der Waals surface area contributed by atoms with Crippen molar-refractivity contribution in [1.82, 2.24) is 16.0 Å². The Morgan fingerprint density at radius 2 is 1.60 bits per heavy atom. The van der Waals surface area contributed by atoms with Gasteiger partial charge in [-0.3, -0.25) is 19.4 Å². The standard InChI is InChI=1S/C21H33N7O6S/c1-11(17(30)28-16(10-35)20(33)34)26-19(32)15(9-12-4-6-13(29)7-5-12)27-18(31)14(22)3-2-8-25-21(23)24/h4-7,11,14-16,29,35H,2-3,8-10,22H2,1H3,(H,26,32)(H,27,31)(H,28,30)(H,33,34)(H4,23,24,25). The van der Waals surface area contributed by atoms with Crippen LogP contribution in [-0.2, 0) is 25.6 Å². The first-order chi connectivity index (χ1) is 16.4. The van der Waals surface area contributed by atoms with Crippen LogP contribution in [0.1, 0.15) is 25.3 Å². The molecular formula is C21H33N7O6S. The number of aromatic hydroxyl groups is 1. The van der Waals surface area contributed by atoms with Crippen molar-refractivity contribution in [2.75, 3.05) is 12.3 Å². The van der Waals surface area contributed by atoms with Crippen LogP contribution in [0.25, 0.3) is 0 Å². The van der Waals surface area contributed by atoms with E-state index in [2.05, 4.69) is 33.6 Å². The summed E-state index contributed by atoms with van der Waals surface area (Å²) in [6.45, 7) is 1.66. The number of guanidine groups is 1. The first kappa shape index (κ1) is 29.5. The van der Waals surface area contributed by atoms with Gasteiger partial charge in [0.05, 0.1) is 6.04 Å². The zero-order valence-corrected chi connectivity index (χ0v) is 20.2. The molecule has 0 spiro atoms. The minimum Gasteiger partial charge on any atom is -0.508 e. The second-order valence-electron chi connectivity index (χ2n) is 7.80. The Morgan fingerprint density at radius 3 is 2.14 bits per heavy atom. The Kier molecular flexibility index (Phi) is 12.4. The Hall–Kier alpha value is -3.52. The molecule has 194 valence electrons. The fourth-order valence-corrected chi connectivity index (χ4v) is 3.12. The van der Waals surface area contributed by atoms with E-state index in [9.17, 15) is 24.3 Å². The molecule has 11 N–H and O–H groups in total. The van der Waals surface area contributed by atoms with Crippen LogP contribution in [0.5, 0.6) is 5.75 Å². The number of benzene rings is 1. The molecule has 0 saturated heterocycles. The van der Waals surface area contributed by atoms with Gasteiger partial charge in [0.1, 0.15) is 23.9 Å². The van der Waals surface area contributed by atoms with Crippen LogP contribution in [0.3, 0.4) is 0 Å². The molecule has 13 nitrogen and oxygen atoms in total. The Morgan fingerprint density at radius 1 is 1.00 bits per heavy atom. The lowest BCUT2D eigenvalue weighted by atomic mass is 10.0. The summed E-state index contributed by atoms with van der Waals surface area (Å²) in [7, 11) is 0. The zero-order chi connectivity index (χ0) is 26.5. The number of thiol groups is 1. The second-order valence-corrected chi connectivity index (χ2v) is 8.16. The van der Waals surface area contributed by atoms with E-state index in [1.807, 2.05) is 0 Å². The van der Waals surface area contributed by atoms with E-state index >= 15 is 0 Å². The van der Waals surface area contributed by atoms with E-state index in [-0.39, 0.29) is 36.8 Å². The van der Waals surface area contributed by atoms with Gasteiger partial charge in [0, 0.05) is 18.7 Å². The molecule has 14 heteroatoms. The number of rotatable bonds is 14. The fraction of sp³-hybridized carbons (Fsp3) is 0.476. The number of nitrogens with one attached hydrogen (secondary N) is 3. The largest absolute Gasteiger partial charge is 0.508 e. The molecule has 0 bridgehead atoms. The quantitative estimate of drug-likeness (QED) is 0.0569. The summed E-state index contributed by atoms with van der Waals surface area (Å²) in [5.74, 6) is -3.45. The SMILES string of the molecule is CC(NC(=O)C(Cc1ccc(O)cc1)NC(=O)C(N)CCCN=C(N)N)C(=O)NC(CS)C(=O)O. The van der Waals surface area contributed by atoms with E-state index in [1.54, 1.807) is 12.1 Å². The van der Waals surface area contributed by atoms with Crippen molar-refractivity contribution in [3.05, 3.63) is 29.8 Å². The summed E-state index contributed by atoms with van der Waals surface area (Å²) < 4.78 is 0. The molecule has 0 aliphatic rings. The topological polar surface area (TPSA) is 235 Å². The molecule has 35 heavy (non-hydrogen) atoms. The smallest absolute Gasteiger partial charge is 0.327 e. The van der Waals surface area contributed by atoms with Gasteiger partial charge < -0.3 is 43.4 Å². The van der Waals surface area contributed by atoms with Gasteiger partial charge in [-0.15, -0.1) is 0 Å². The summed E-state index contributed by atoms with van der Waals surface area (Å²) in [6.07, 6.45) is 0.741. The molecule has 4 unspecified atom stereocenters. The molecule has 0 saturated carbocycles. The predicted molar refractivity (Wildman–Crippen MR) is 133 cm³/mol. The van der Waals surface area contributed by atoms with Crippen LogP contribution >= 0.6 is 12.6 Å². The van der Waals surface area contributed by atoms with Crippen LogP contribution in [0.15, 0.2) is 29.3 Å². The van der Waals surface area contributed by atoms with Crippen molar-refractivity contribution >= 4 is 42.3 Å². The Balaban J connectivity index is 2.88. The van der Waals surface area contributed by atoms with Crippen molar-refractivity contribution in [1.29, 1.82) is 0 Å². The molecule has 0 aliphatic heterocycles. The number of amides is 3. The maximum absolute atomic E-state index is 12.9. The maximum atomic E-state index is 12.9. The Bertz CT molecular complexity index is 908. The Labute approximate surface area is 208 Å². The molecule has 0 aliphatic carbocycles. The molecule has 3 amide bonds. The summed E-state index contributed by atoms with van der Waals surface area (Å²) in [5.41, 5.74) is 17.1. The molecule has 0 aromatic heterocycles. The molecule has 1 aromatic carbocycles. The van der Waals surface area contributed by atoms with Gasteiger partial charge in [-0.25, -0.2) is 4.79 Å². The lowest BCUT2D eigenvalue weighted by Crippen LogP contribution is -2.57. The monoisotopic (exact) mass is 511 g/mol. The van der Waals surface area contributed by atoms with Gasteiger partial charge in [0.15, 0.2) is 5.96 Å². The molecule has 1 rings (SSSR count). The van der Waals surface area contributed by atoms with Crippen molar-refractivity contribution in [2.45, 2.75) is 50.4 Å². The third-order valence-corrected chi connectivity index (χ3v) is 5.23. The third kappa shape index (κ3) is 11.0. The number of aliphatic carboxylic acids is 1. The zero-order valence-electron chi connectivity index (χ0n) is 19.3. The number of hydrogen-bond acceptors (Lipinski definition) is 8. The highest BCUT2D eigenvalue weighted by Gasteiger charge is 2.28. The maximum Gasteiger partial charge on any atom is 0.327 e. The number of carboxylic acid groups (broad SMARTS) is 1. The van der Waals surface area contributed by atoms with E-state index in [1.165, 1.54) is 19.1 Å². The van der Waals surface area contributed by atoms with E-state index in [0.29, 0.717) is 12.0 Å². The van der Waals surface area contributed by atoms with Crippen molar-refractivity contribution in [2.24, 2.45) is 22.2 Å². The molecule has 1 aromatic rings. The molecule has 4 atom stereocenters. The van der Waals surface area contributed by atoms with E-state index in [0.717, 1.165) is 0 Å². The van der Waals surface area contributed by atoms with Gasteiger partial charge >= 0.3 is 5.97 Å². The average molecular weight is 512 g/mol. The van der Waals surface area contributed by atoms with Crippen LogP contribution < -0.4 is 33.2 Å². The fourth-order valence-electron chi connectivity index (χ4n) is 2.87. The highest BCUT2D eigenvalue weighted by atomic mass is 32.1. The number of carboxylic acids is 1.